The summed E-state index contributed by atoms with van der Waals surface area (Å²) < 4.78 is 9.33. The highest BCUT2D eigenvalue weighted by atomic mass is 16.5. The zero-order valence-corrected chi connectivity index (χ0v) is 16.0. The summed E-state index contributed by atoms with van der Waals surface area (Å²) >= 11 is 0. The van der Waals surface area contributed by atoms with E-state index in [4.69, 9.17) is 15.5 Å². The van der Waals surface area contributed by atoms with E-state index < -0.39 is 0 Å². The summed E-state index contributed by atoms with van der Waals surface area (Å²) in [7, 11) is 3.57. The number of imidazole rings is 1. The van der Waals surface area contributed by atoms with E-state index >= 15 is 0 Å². The Morgan fingerprint density at radius 1 is 1.15 bits per heavy atom. The number of nitrogens with two attached hydrogens (primary N) is 1. The molecule has 4 rings (SSSR count). The minimum Gasteiger partial charge on any atom is -0.496 e. The predicted molar refractivity (Wildman–Crippen MR) is 105 cm³/mol. The highest BCUT2D eigenvalue weighted by Gasteiger charge is 2.25. The van der Waals surface area contributed by atoms with Crippen LogP contribution in [0, 0.1) is 32.1 Å². The lowest BCUT2D eigenvalue weighted by molar-refractivity contribution is 0.411. The van der Waals surface area contributed by atoms with Gasteiger partial charge in [0.2, 0.25) is 0 Å². The van der Waals surface area contributed by atoms with Gasteiger partial charge in [-0.3, -0.25) is 4.57 Å². The Balaban J connectivity index is 2.29. The summed E-state index contributed by atoms with van der Waals surface area (Å²) in [4.78, 5) is 9.29. The highest BCUT2D eigenvalue weighted by molar-refractivity contribution is 6.07. The first-order valence-corrected chi connectivity index (χ1v) is 8.56. The largest absolute Gasteiger partial charge is 0.496 e. The Kier molecular flexibility index (Phi) is 3.60. The first kappa shape index (κ1) is 16.9. The van der Waals surface area contributed by atoms with Crippen LogP contribution in [0.25, 0.3) is 27.8 Å². The SMILES string of the molecule is COc1ccc(C)c(-n2c(N)c(C#N)c3nc(C)c4c(ncn4C)c32)c1C. The normalized spacial score (nSPS) is 11.3. The second-order valence-corrected chi connectivity index (χ2v) is 6.71. The van der Waals surface area contributed by atoms with E-state index in [1.165, 1.54) is 0 Å². The topological polar surface area (TPSA) is 94.7 Å². The summed E-state index contributed by atoms with van der Waals surface area (Å²) in [5, 5.41) is 9.75. The van der Waals surface area contributed by atoms with Gasteiger partial charge >= 0.3 is 0 Å². The number of rotatable bonds is 2. The molecule has 0 saturated carbocycles. The third-order valence-electron chi connectivity index (χ3n) is 5.10. The number of methoxy groups -OCH3 is 1. The number of pyridine rings is 1. The molecule has 0 unspecified atom stereocenters. The second kappa shape index (κ2) is 5.74. The molecule has 136 valence electrons. The lowest BCUT2D eigenvalue weighted by Crippen LogP contribution is -2.06. The maximum Gasteiger partial charge on any atom is 0.129 e. The first-order valence-electron chi connectivity index (χ1n) is 8.56. The molecule has 27 heavy (non-hydrogen) atoms. The Labute approximate surface area is 156 Å². The molecule has 0 aliphatic rings. The van der Waals surface area contributed by atoms with Gasteiger partial charge in [0.1, 0.15) is 39.8 Å². The monoisotopic (exact) mass is 360 g/mol. The maximum absolute atomic E-state index is 9.75. The quantitative estimate of drug-likeness (QED) is 0.592. The maximum atomic E-state index is 9.75. The fourth-order valence-corrected chi connectivity index (χ4v) is 3.88. The van der Waals surface area contributed by atoms with Crippen molar-refractivity contribution in [3.63, 3.8) is 0 Å². The number of benzene rings is 1. The van der Waals surface area contributed by atoms with Crippen molar-refractivity contribution in [2.45, 2.75) is 20.8 Å². The smallest absolute Gasteiger partial charge is 0.129 e. The molecule has 0 aliphatic carbocycles. The summed E-state index contributed by atoms with van der Waals surface area (Å²) in [5.74, 6) is 1.12. The van der Waals surface area contributed by atoms with Gasteiger partial charge in [0.15, 0.2) is 0 Å². The lowest BCUT2D eigenvalue weighted by atomic mass is 10.1. The number of hydrogen-bond donors (Lipinski definition) is 1. The molecule has 0 amide bonds. The molecule has 0 atom stereocenters. The van der Waals surface area contributed by atoms with E-state index in [1.807, 2.05) is 49.1 Å². The molecule has 3 aromatic heterocycles. The van der Waals surface area contributed by atoms with Crippen molar-refractivity contribution in [2.24, 2.45) is 7.05 Å². The Hall–Kier alpha value is -3.53. The molecular formula is C20H20N6O. The number of fused-ring (bicyclic) bond motifs is 3. The van der Waals surface area contributed by atoms with E-state index in [9.17, 15) is 5.26 Å². The van der Waals surface area contributed by atoms with Crippen LogP contribution in [-0.4, -0.2) is 26.2 Å². The number of ether oxygens (including phenoxy) is 1. The van der Waals surface area contributed by atoms with Crippen molar-refractivity contribution in [1.29, 1.82) is 5.26 Å². The van der Waals surface area contributed by atoms with E-state index in [-0.39, 0.29) is 0 Å². The van der Waals surface area contributed by atoms with Crippen molar-refractivity contribution >= 4 is 27.9 Å². The third kappa shape index (κ3) is 2.13. The number of anilines is 1. The van der Waals surface area contributed by atoms with Gasteiger partial charge in [0.05, 0.1) is 30.3 Å². The molecule has 1 aromatic carbocycles. The van der Waals surface area contributed by atoms with Gasteiger partial charge in [-0.2, -0.15) is 5.26 Å². The van der Waals surface area contributed by atoms with Crippen LogP contribution in [0.5, 0.6) is 5.75 Å². The molecule has 0 aliphatic heterocycles. The molecule has 0 bridgehead atoms. The Bertz CT molecular complexity index is 1270. The van der Waals surface area contributed by atoms with Gasteiger partial charge in [0.25, 0.3) is 0 Å². The van der Waals surface area contributed by atoms with Crippen LogP contribution in [-0.2, 0) is 7.05 Å². The van der Waals surface area contributed by atoms with Crippen LogP contribution in [0.2, 0.25) is 0 Å². The van der Waals surface area contributed by atoms with Gasteiger partial charge in [0, 0.05) is 12.6 Å². The second-order valence-electron chi connectivity index (χ2n) is 6.71. The van der Waals surface area contributed by atoms with Gasteiger partial charge < -0.3 is 15.0 Å². The Morgan fingerprint density at radius 3 is 2.56 bits per heavy atom. The summed E-state index contributed by atoms with van der Waals surface area (Å²) in [6, 6.07) is 6.13. The molecule has 0 fully saturated rings. The predicted octanol–water partition coefficient (Wildman–Crippen LogP) is 3.30. The van der Waals surface area contributed by atoms with Gasteiger partial charge in [-0.25, -0.2) is 9.97 Å². The number of aryl methyl sites for hydroxylation is 3. The molecule has 7 heteroatoms. The number of aromatic nitrogens is 4. The average molecular weight is 360 g/mol. The molecule has 2 N–H and O–H groups in total. The summed E-state index contributed by atoms with van der Waals surface area (Å²) in [6.07, 6.45) is 1.75. The molecule has 0 saturated heterocycles. The minimum atomic E-state index is 0.358. The van der Waals surface area contributed by atoms with Crippen LogP contribution in [0.3, 0.4) is 0 Å². The fraction of sp³-hybridized carbons (Fsp3) is 0.250. The molecular weight excluding hydrogens is 340 g/mol. The van der Waals surface area contributed by atoms with Crippen molar-refractivity contribution in [1.82, 2.24) is 19.1 Å². The van der Waals surface area contributed by atoms with E-state index in [2.05, 4.69) is 11.1 Å². The Morgan fingerprint density at radius 2 is 1.89 bits per heavy atom. The van der Waals surface area contributed by atoms with Crippen LogP contribution in [0.15, 0.2) is 18.5 Å². The molecule has 0 radical (unpaired) electrons. The van der Waals surface area contributed by atoms with Crippen LogP contribution in [0.1, 0.15) is 22.4 Å². The molecule has 3 heterocycles. The van der Waals surface area contributed by atoms with Crippen LogP contribution >= 0.6 is 0 Å². The zero-order valence-electron chi connectivity index (χ0n) is 16.0. The number of hydrogen-bond acceptors (Lipinski definition) is 5. The van der Waals surface area contributed by atoms with Gasteiger partial charge in [-0.1, -0.05) is 6.07 Å². The van der Waals surface area contributed by atoms with E-state index in [1.54, 1.807) is 13.4 Å². The van der Waals surface area contributed by atoms with Gasteiger partial charge in [-0.05, 0) is 32.4 Å². The highest BCUT2D eigenvalue weighted by Crippen LogP contribution is 2.38. The third-order valence-corrected chi connectivity index (χ3v) is 5.10. The van der Waals surface area contributed by atoms with Crippen LogP contribution in [0.4, 0.5) is 5.82 Å². The van der Waals surface area contributed by atoms with Crippen molar-refractivity contribution in [3.8, 4) is 17.5 Å². The lowest BCUT2D eigenvalue weighted by Gasteiger charge is -2.17. The molecule has 0 spiro atoms. The van der Waals surface area contributed by atoms with E-state index in [0.29, 0.717) is 16.9 Å². The van der Waals surface area contributed by atoms with Gasteiger partial charge in [-0.15, -0.1) is 0 Å². The van der Waals surface area contributed by atoms with E-state index in [0.717, 1.165) is 44.8 Å². The number of nitrogen functional groups attached to an aromatic ring is 1. The summed E-state index contributed by atoms with van der Waals surface area (Å²) in [6.45, 7) is 5.91. The molecule has 4 aromatic rings. The number of nitrogens with zero attached hydrogens (tertiary/aromatic N) is 5. The number of nitriles is 1. The standard InChI is InChI=1S/C20H20N6O/c1-10-6-7-14(27-5)11(2)17(10)26-19-15(13(8-21)20(26)22)24-12(3)18-16(19)23-9-25(18)4/h6-7,9H,22H2,1-5H3. The summed E-state index contributed by atoms with van der Waals surface area (Å²) in [5.41, 5.74) is 13.5. The fourth-order valence-electron chi connectivity index (χ4n) is 3.88. The van der Waals surface area contributed by atoms with Crippen molar-refractivity contribution in [3.05, 3.63) is 40.8 Å². The minimum absolute atomic E-state index is 0.358. The average Bonchev–Trinajstić information content (AvgIpc) is 3.14. The zero-order chi connectivity index (χ0) is 19.5. The van der Waals surface area contributed by atoms with Crippen LogP contribution < -0.4 is 10.5 Å². The first-order chi connectivity index (χ1) is 12.9. The van der Waals surface area contributed by atoms with Crippen molar-refractivity contribution in [2.75, 3.05) is 12.8 Å². The van der Waals surface area contributed by atoms with Crippen molar-refractivity contribution < 1.29 is 4.74 Å². The molecule has 7 nitrogen and oxygen atoms in total.